The van der Waals surface area contributed by atoms with Gasteiger partial charge in [-0.1, -0.05) is 42.5 Å². The highest BCUT2D eigenvalue weighted by Gasteiger charge is 2.11. The molecular formula is C22H23N3O. The lowest BCUT2D eigenvalue weighted by Gasteiger charge is -2.12. The second kappa shape index (κ2) is 7.18. The molecule has 0 unspecified atom stereocenters. The van der Waals surface area contributed by atoms with Gasteiger partial charge in [0, 0.05) is 17.3 Å². The van der Waals surface area contributed by atoms with E-state index in [1.807, 2.05) is 18.2 Å². The molecule has 4 heteroatoms. The Morgan fingerprint density at radius 1 is 0.962 bits per heavy atom. The van der Waals surface area contributed by atoms with Crippen LogP contribution in [0.4, 0.5) is 5.82 Å². The van der Waals surface area contributed by atoms with Crippen LogP contribution in [0, 0.1) is 0 Å². The van der Waals surface area contributed by atoms with Gasteiger partial charge >= 0.3 is 0 Å². The SMILES string of the molecule is CN(C)CCCNc1nc(-c2cc3ccccc3o2)cc2ccccc12. The molecule has 0 saturated carbocycles. The lowest BCUT2D eigenvalue weighted by molar-refractivity contribution is 0.405. The maximum atomic E-state index is 6.02. The topological polar surface area (TPSA) is 41.3 Å². The summed E-state index contributed by atoms with van der Waals surface area (Å²) in [4.78, 5) is 7.06. The summed E-state index contributed by atoms with van der Waals surface area (Å²) in [5, 5.41) is 6.90. The van der Waals surface area contributed by atoms with Crippen LogP contribution in [-0.4, -0.2) is 37.1 Å². The van der Waals surface area contributed by atoms with E-state index in [2.05, 4.69) is 66.8 Å². The monoisotopic (exact) mass is 345 g/mol. The van der Waals surface area contributed by atoms with E-state index in [4.69, 9.17) is 9.40 Å². The largest absolute Gasteiger partial charge is 0.454 e. The van der Waals surface area contributed by atoms with E-state index in [0.717, 1.165) is 58.5 Å². The third-order valence-corrected chi connectivity index (χ3v) is 4.49. The summed E-state index contributed by atoms with van der Waals surface area (Å²) >= 11 is 0. The van der Waals surface area contributed by atoms with E-state index in [1.54, 1.807) is 0 Å². The van der Waals surface area contributed by atoms with Crippen molar-refractivity contribution in [3.8, 4) is 11.5 Å². The fourth-order valence-electron chi connectivity index (χ4n) is 3.17. The highest BCUT2D eigenvalue weighted by molar-refractivity contribution is 5.95. The number of pyridine rings is 1. The minimum absolute atomic E-state index is 0.799. The van der Waals surface area contributed by atoms with Crippen LogP contribution in [0.25, 0.3) is 33.2 Å². The molecule has 26 heavy (non-hydrogen) atoms. The Bertz CT molecular complexity index is 1000. The number of aromatic nitrogens is 1. The number of hydrogen-bond acceptors (Lipinski definition) is 4. The predicted octanol–water partition coefficient (Wildman–Crippen LogP) is 5.01. The molecule has 0 fully saturated rings. The first-order valence-corrected chi connectivity index (χ1v) is 8.98. The molecular weight excluding hydrogens is 322 g/mol. The minimum Gasteiger partial charge on any atom is -0.454 e. The number of furan rings is 1. The molecule has 0 atom stereocenters. The average molecular weight is 345 g/mol. The quantitative estimate of drug-likeness (QED) is 0.499. The molecule has 0 aliphatic rings. The Morgan fingerprint density at radius 3 is 2.54 bits per heavy atom. The Morgan fingerprint density at radius 2 is 1.73 bits per heavy atom. The van der Waals surface area contributed by atoms with Crippen LogP contribution in [0.3, 0.4) is 0 Å². The third-order valence-electron chi connectivity index (χ3n) is 4.49. The Labute approximate surface area is 153 Å². The van der Waals surface area contributed by atoms with Gasteiger partial charge in [-0.05, 0) is 50.6 Å². The number of benzene rings is 2. The van der Waals surface area contributed by atoms with Gasteiger partial charge in [0.2, 0.25) is 0 Å². The summed E-state index contributed by atoms with van der Waals surface area (Å²) in [5.41, 5.74) is 1.74. The molecule has 0 amide bonds. The van der Waals surface area contributed by atoms with Gasteiger partial charge in [-0.3, -0.25) is 0 Å². The molecule has 0 bridgehead atoms. The summed E-state index contributed by atoms with van der Waals surface area (Å²) in [7, 11) is 4.19. The fraction of sp³-hybridized carbons (Fsp3) is 0.227. The molecule has 2 heterocycles. The summed E-state index contributed by atoms with van der Waals surface area (Å²) in [6.45, 7) is 1.94. The highest BCUT2D eigenvalue weighted by Crippen LogP contribution is 2.31. The maximum absolute atomic E-state index is 6.02. The number of anilines is 1. The molecule has 0 aliphatic heterocycles. The van der Waals surface area contributed by atoms with Gasteiger partial charge in [0.25, 0.3) is 0 Å². The first-order chi connectivity index (χ1) is 12.7. The molecule has 4 rings (SSSR count). The molecule has 2 aromatic heterocycles. The average Bonchev–Trinajstić information content (AvgIpc) is 3.09. The molecule has 4 aromatic rings. The van der Waals surface area contributed by atoms with Gasteiger partial charge in [-0.25, -0.2) is 4.98 Å². The van der Waals surface area contributed by atoms with Crippen LogP contribution in [0.5, 0.6) is 0 Å². The van der Waals surface area contributed by atoms with Crippen LogP contribution in [-0.2, 0) is 0 Å². The number of fused-ring (bicyclic) bond motifs is 2. The van der Waals surface area contributed by atoms with Crippen LogP contribution >= 0.6 is 0 Å². The minimum atomic E-state index is 0.799. The molecule has 1 N–H and O–H groups in total. The second-order valence-corrected chi connectivity index (χ2v) is 6.81. The van der Waals surface area contributed by atoms with Crippen molar-refractivity contribution in [3.63, 3.8) is 0 Å². The molecule has 4 nitrogen and oxygen atoms in total. The van der Waals surface area contributed by atoms with Crippen LogP contribution < -0.4 is 5.32 Å². The van der Waals surface area contributed by atoms with Crippen LogP contribution in [0.2, 0.25) is 0 Å². The Kier molecular flexibility index (Phi) is 4.59. The van der Waals surface area contributed by atoms with Crippen molar-refractivity contribution >= 4 is 27.6 Å². The zero-order valence-corrected chi connectivity index (χ0v) is 15.2. The summed E-state index contributed by atoms with van der Waals surface area (Å²) in [6.07, 6.45) is 1.07. The zero-order chi connectivity index (χ0) is 17.9. The molecule has 0 saturated heterocycles. The second-order valence-electron chi connectivity index (χ2n) is 6.81. The summed E-state index contributed by atoms with van der Waals surface area (Å²) < 4.78 is 6.02. The van der Waals surface area contributed by atoms with Gasteiger partial charge in [-0.15, -0.1) is 0 Å². The van der Waals surface area contributed by atoms with Gasteiger partial charge in [0.15, 0.2) is 5.76 Å². The van der Waals surface area contributed by atoms with Crippen molar-refractivity contribution in [1.82, 2.24) is 9.88 Å². The van der Waals surface area contributed by atoms with Crippen molar-refractivity contribution in [2.75, 3.05) is 32.5 Å². The zero-order valence-electron chi connectivity index (χ0n) is 15.2. The fourth-order valence-corrected chi connectivity index (χ4v) is 3.17. The van der Waals surface area contributed by atoms with E-state index < -0.39 is 0 Å². The van der Waals surface area contributed by atoms with Gasteiger partial charge in [-0.2, -0.15) is 0 Å². The number of nitrogens with one attached hydrogen (secondary N) is 1. The highest BCUT2D eigenvalue weighted by atomic mass is 16.3. The van der Waals surface area contributed by atoms with Crippen molar-refractivity contribution in [2.45, 2.75) is 6.42 Å². The van der Waals surface area contributed by atoms with Crippen LogP contribution in [0.1, 0.15) is 6.42 Å². The van der Waals surface area contributed by atoms with Gasteiger partial charge in [0.1, 0.15) is 17.1 Å². The van der Waals surface area contributed by atoms with Crippen LogP contribution in [0.15, 0.2) is 65.1 Å². The van der Waals surface area contributed by atoms with Crippen molar-refractivity contribution in [1.29, 1.82) is 0 Å². The summed E-state index contributed by atoms with van der Waals surface area (Å²) in [5.74, 6) is 1.71. The number of nitrogens with zero attached hydrogens (tertiary/aromatic N) is 2. The number of hydrogen-bond donors (Lipinski definition) is 1. The molecule has 2 aromatic carbocycles. The van der Waals surface area contributed by atoms with Crippen molar-refractivity contribution < 1.29 is 4.42 Å². The summed E-state index contributed by atoms with van der Waals surface area (Å²) in [6, 6.07) is 20.5. The van der Waals surface area contributed by atoms with E-state index >= 15 is 0 Å². The molecule has 0 spiro atoms. The molecule has 132 valence electrons. The van der Waals surface area contributed by atoms with E-state index in [-0.39, 0.29) is 0 Å². The molecule has 0 aliphatic carbocycles. The van der Waals surface area contributed by atoms with E-state index in [9.17, 15) is 0 Å². The van der Waals surface area contributed by atoms with Gasteiger partial charge in [0.05, 0.1) is 0 Å². The third kappa shape index (κ3) is 3.41. The molecule has 0 radical (unpaired) electrons. The maximum Gasteiger partial charge on any atom is 0.153 e. The van der Waals surface area contributed by atoms with E-state index in [1.165, 1.54) is 0 Å². The van der Waals surface area contributed by atoms with Crippen molar-refractivity contribution in [2.24, 2.45) is 0 Å². The predicted molar refractivity (Wildman–Crippen MR) is 109 cm³/mol. The van der Waals surface area contributed by atoms with E-state index in [0.29, 0.717) is 0 Å². The first-order valence-electron chi connectivity index (χ1n) is 8.98. The van der Waals surface area contributed by atoms with Crippen molar-refractivity contribution in [3.05, 3.63) is 60.7 Å². The number of rotatable bonds is 6. The lowest BCUT2D eigenvalue weighted by atomic mass is 10.1. The Hall–Kier alpha value is -2.85. The normalized spacial score (nSPS) is 11.5. The lowest BCUT2D eigenvalue weighted by Crippen LogP contribution is -2.16. The smallest absolute Gasteiger partial charge is 0.153 e. The van der Waals surface area contributed by atoms with Gasteiger partial charge < -0.3 is 14.6 Å². The first kappa shape index (κ1) is 16.6. The standard InChI is InChI=1S/C22H23N3O/c1-25(2)13-7-12-23-22-18-10-5-3-8-16(18)14-19(24-22)21-15-17-9-4-6-11-20(17)26-21/h3-6,8-11,14-15H,7,12-13H2,1-2H3,(H,23,24). The number of para-hydroxylation sites is 1. The Balaban J connectivity index is 1.71.